The predicted molar refractivity (Wildman–Crippen MR) is 195 cm³/mol. The van der Waals surface area contributed by atoms with Gasteiger partial charge in [0.1, 0.15) is 12.4 Å². The van der Waals surface area contributed by atoms with Gasteiger partial charge in [0.15, 0.2) is 0 Å². The molecular formula is C36H66N2O14. The van der Waals surface area contributed by atoms with E-state index in [1.165, 1.54) is 6.92 Å². The lowest BCUT2D eigenvalue weighted by Gasteiger charge is -2.10. The number of nitrogens with zero attached hydrogens (tertiary/aromatic N) is 1. The molecule has 52 heavy (non-hydrogen) atoms. The van der Waals surface area contributed by atoms with Crippen LogP contribution >= 0.6 is 0 Å². The molecule has 0 bridgehead atoms. The number of rotatable bonds is 41. The van der Waals surface area contributed by atoms with Crippen LogP contribution in [0, 0.1) is 0 Å². The molecule has 0 heterocycles. The van der Waals surface area contributed by atoms with Crippen LogP contribution in [0.3, 0.4) is 0 Å². The fourth-order valence-electron chi connectivity index (χ4n) is 3.82. The molecule has 0 saturated carbocycles. The van der Waals surface area contributed by atoms with Gasteiger partial charge in [0.25, 0.3) is 0 Å². The van der Waals surface area contributed by atoms with E-state index in [0.717, 1.165) is 12.2 Å². The van der Waals surface area contributed by atoms with Crippen LogP contribution in [0.15, 0.2) is 24.3 Å². The molecule has 1 aromatic rings. The highest BCUT2D eigenvalue weighted by molar-refractivity contribution is 5.88. The molecule has 0 aliphatic rings. The Hall–Kier alpha value is -2.03. The summed E-state index contributed by atoms with van der Waals surface area (Å²) >= 11 is 0. The number of likely N-dealkylation sites (N-methyl/N-ethyl adjacent to an activating group) is 1. The summed E-state index contributed by atoms with van der Waals surface area (Å²) in [4.78, 5) is 13.1. The maximum atomic E-state index is 11.0. The second-order valence-corrected chi connectivity index (χ2v) is 11.2. The van der Waals surface area contributed by atoms with Crippen LogP contribution in [-0.4, -0.2) is 197 Å². The van der Waals surface area contributed by atoms with Crippen LogP contribution in [0.2, 0.25) is 0 Å². The van der Waals surface area contributed by atoms with Crippen molar-refractivity contribution in [1.82, 2.24) is 4.90 Å². The highest BCUT2D eigenvalue weighted by Crippen LogP contribution is 2.15. The Kier molecular flexibility index (Phi) is 35.7. The molecule has 1 rings (SSSR count). The molecule has 1 aromatic carbocycles. The summed E-state index contributed by atoms with van der Waals surface area (Å²) in [6.45, 7) is 15.2. The molecule has 0 radical (unpaired) electrons. The Labute approximate surface area is 310 Å². The van der Waals surface area contributed by atoms with E-state index in [4.69, 9.17) is 61.6 Å². The standard InChI is InChI=1S/C36H66N2O14/c1-34(39)37-35-4-6-36(7-5-35)52-33-32-51-31-30-50-29-28-49-27-26-48-25-24-47-23-22-46-21-20-45-19-18-44-17-16-43-15-14-42-13-12-41-11-10-40-9-8-38(2)3/h4-7H,8-33H2,1-3H3,(H,37,39). The van der Waals surface area contributed by atoms with Gasteiger partial charge in [-0.1, -0.05) is 0 Å². The molecule has 0 aliphatic heterocycles. The van der Waals surface area contributed by atoms with Gasteiger partial charge in [-0.25, -0.2) is 0 Å². The molecule has 0 atom stereocenters. The molecular weight excluding hydrogens is 684 g/mol. The first kappa shape index (κ1) is 48.0. The van der Waals surface area contributed by atoms with Crippen LogP contribution < -0.4 is 10.1 Å². The van der Waals surface area contributed by atoms with Crippen LogP contribution in [0.4, 0.5) is 5.69 Å². The van der Waals surface area contributed by atoms with E-state index in [2.05, 4.69) is 10.2 Å². The van der Waals surface area contributed by atoms with E-state index in [0.29, 0.717) is 171 Å². The van der Waals surface area contributed by atoms with Crippen molar-refractivity contribution in [3.8, 4) is 5.75 Å². The van der Waals surface area contributed by atoms with E-state index in [-0.39, 0.29) is 5.91 Å². The lowest BCUT2D eigenvalue weighted by molar-refractivity contribution is -0.114. The molecule has 0 unspecified atom stereocenters. The molecule has 0 aliphatic carbocycles. The highest BCUT2D eigenvalue weighted by atomic mass is 16.6. The molecule has 16 nitrogen and oxygen atoms in total. The van der Waals surface area contributed by atoms with Crippen molar-refractivity contribution in [2.24, 2.45) is 0 Å². The third-order valence-corrected chi connectivity index (χ3v) is 6.45. The number of carbonyl (C=O) groups excluding carboxylic acids is 1. The Bertz CT molecular complexity index is 885. The van der Waals surface area contributed by atoms with E-state index in [1.54, 1.807) is 24.3 Å². The summed E-state index contributed by atoms with van der Waals surface area (Å²) in [5, 5.41) is 2.71. The summed E-state index contributed by atoms with van der Waals surface area (Å²) in [5.41, 5.74) is 0.731. The number of carbonyl (C=O) groups is 1. The number of nitrogens with one attached hydrogen (secondary N) is 1. The zero-order valence-electron chi connectivity index (χ0n) is 31.9. The fraction of sp³-hybridized carbons (Fsp3) is 0.806. The second-order valence-electron chi connectivity index (χ2n) is 11.2. The summed E-state index contributed by atoms with van der Waals surface area (Å²) in [6.07, 6.45) is 0. The molecule has 0 aromatic heterocycles. The van der Waals surface area contributed by atoms with Crippen molar-refractivity contribution in [2.75, 3.05) is 191 Å². The van der Waals surface area contributed by atoms with Gasteiger partial charge < -0.3 is 71.8 Å². The quantitative estimate of drug-likeness (QED) is 0.0968. The number of hydrogen-bond donors (Lipinski definition) is 1. The second kappa shape index (κ2) is 38.7. The van der Waals surface area contributed by atoms with Gasteiger partial charge in [-0.3, -0.25) is 4.79 Å². The van der Waals surface area contributed by atoms with Gasteiger partial charge in [0.2, 0.25) is 5.91 Å². The minimum absolute atomic E-state index is 0.109. The fourth-order valence-corrected chi connectivity index (χ4v) is 3.82. The minimum atomic E-state index is -0.109. The topological polar surface area (TPSA) is 152 Å². The lowest BCUT2D eigenvalue weighted by Crippen LogP contribution is -2.19. The highest BCUT2D eigenvalue weighted by Gasteiger charge is 1.99. The predicted octanol–water partition coefficient (Wildman–Crippen LogP) is 1.78. The van der Waals surface area contributed by atoms with Gasteiger partial charge >= 0.3 is 0 Å². The zero-order valence-corrected chi connectivity index (χ0v) is 31.9. The maximum absolute atomic E-state index is 11.0. The zero-order chi connectivity index (χ0) is 37.4. The van der Waals surface area contributed by atoms with Crippen molar-refractivity contribution in [1.29, 1.82) is 0 Å². The summed E-state index contributed by atoms with van der Waals surface area (Å²) in [6, 6.07) is 7.18. The monoisotopic (exact) mass is 750 g/mol. The number of anilines is 1. The Morgan fingerprint density at radius 2 is 0.673 bits per heavy atom. The molecule has 16 heteroatoms. The average Bonchev–Trinajstić information content (AvgIpc) is 3.13. The van der Waals surface area contributed by atoms with Crippen molar-refractivity contribution in [3.05, 3.63) is 24.3 Å². The summed E-state index contributed by atoms with van der Waals surface area (Å²) in [7, 11) is 4.04. The molecule has 0 fully saturated rings. The van der Waals surface area contributed by atoms with Crippen molar-refractivity contribution in [3.63, 3.8) is 0 Å². The van der Waals surface area contributed by atoms with Crippen LogP contribution in [0.5, 0.6) is 5.75 Å². The van der Waals surface area contributed by atoms with Gasteiger partial charge in [0.05, 0.1) is 159 Å². The van der Waals surface area contributed by atoms with Gasteiger partial charge in [-0.15, -0.1) is 0 Å². The van der Waals surface area contributed by atoms with Gasteiger partial charge in [0, 0.05) is 19.2 Å². The summed E-state index contributed by atoms with van der Waals surface area (Å²) < 4.78 is 71.4. The number of benzene rings is 1. The number of hydrogen-bond acceptors (Lipinski definition) is 15. The third-order valence-electron chi connectivity index (χ3n) is 6.45. The first-order valence-electron chi connectivity index (χ1n) is 18.2. The third kappa shape index (κ3) is 36.3. The molecule has 1 N–H and O–H groups in total. The first-order valence-corrected chi connectivity index (χ1v) is 18.2. The number of amides is 1. The van der Waals surface area contributed by atoms with Crippen molar-refractivity contribution < 1.29 is 66.4 Å². The smallest absolute Gasteiger partial charge is 0.221 e. The van der Waals surface area contributed by atoms with Gasteiger partial charge in [-0.2, -0.15) is 0 Å². The molecule has 304 valence electrons. The first-order chi connectivity index (χ1) is 25.6. The SMILES string of the molecule is CC(=O)Nc1ccc(OCCOCCOCCOCCOCCOCCOCCOCCOCCOCCOCCOCCOCCN(C)C)cc1. The van der Waals surface area contributed by atoms with Crippen LogP contribution in [-0.2, 0) is 61.6 Å². The van der Waals surface area contributed by atoms with E-state index in [1.807, 2.05) is 14.1 Å². The average molecular weight is 751 g/mol. The minimum Gasteiger partial charge on any atom is -0.491 e. The Morgan fingerprint density at radius 1 is 0.423 bits per heavy atom. The molecule has 1 amide bonds. The Balaban J connectivity index is 1.64. The van der Waals surface area contributed by atoms with Crippen LogP contribution in [0.25, 0.3) is 0 Å². The van der Waals surface area contributed by atoms with Gasteiger partial charge in [-0.05, 0) is 38.4 Å². The van der Waals surface area contributed by atoms with Crippen LogP contribution in [0.1, 0.15) is 6.92 Å². The lowest BCUT2D eigenvalue weighted by atomic mass is 10.3. The Morgan fingerprint density at radius 3 is 0.923 bits per heavy atom. The summed E-state index contributed by atoms with van der Waals surface area (Å²) in [5.74, 6) is 0.607. The largest absolute Gasteiger partial charge is 0.491 e. The van der Waals surface area contributed by atoms with E-state index >= 15 is 0 Å². The normalized spacial score (nSPS) is 11.5. The van der Waals surface area contributed by atoms with E-state index < -0.39 is 0 Å². The number of ether oxygens (including phenoxy) is 13. The van der Waals surface area contributed by atoms with E-state index in [9.17, 15) is 4.79 Å². The molecule has 0 saturated heterocycles. The van der Waals surface area contributed by atoms with Crippen molar-refractivity contribution in [2.45, 2.75) is 6.92 Å². The maximum Gasteiger partial charge on any atom is 0.221 e. The van der Waals surface area contributed by atoms with Crippen molar-refractivity contribution >= 4 is 11.6 Å². The molecule has 0 spiro atoms.